The smallest absolute Gasteiger partial charge is 0.337 e. The number of carbonyl (C=O) groups is 1. The van der Waals surface area contributed by atoms with Crippen LogP contribution in [0.15, 0.2) is 41.5 Å². The summed E-state index contributed by atoms with van der Waals surface area (Å²) in [5, 5.41) is 4.55. The number of aryl methyl sites for hydroxylation is 2. The zero-order valence-corrected chi connectivity index (χ0v) is 14.1. The molecule has 0 fully saturated rings. The van der Waals surface area contributed by atoms with Gasteiger partial charge in [-0.25, -0.2) is 9.31 Å². The molecule has 0 atom stereocenters. The highest BCUT2D eigenvalue weighted by Crippen LogP contribution is 2.22. The Balaban J connectivity index is 1.69. The molecule has 0 radical (unpaired) electrons. The van der Waals surface area contributed by atoms with Gasteiger partial charge in [-0.1, -0.05) is 12.1 Å². The van der Waals surface area contributed by atoms with Gasteiger partial charge in [0.25, 0.3) is 5.56 Å². The third-order valence-corrected chi connectivity index (χ3v) is 4.76. The lowest BCUT2D eigenvalue weighted by molar-refractivity contribution is 0.0600. The Morgan fingerprint density at radius 1 is 1.16 bits per heavy atom. The first-order valence-electron chi connectivity index (χ1n) is 8.44. The summed E-state index contributed by atoms with van der Waals surface area (Å²) in [5.74, 6) is -0.365. The van der Waals surface area contributed by atoms with Gasteiger partial charge in [0.2, 0.25) is 0 Å². The quantitative estimate of drug-likeness (QED) is 0.687. The van der Waals surface area contributed by atoms with Gasteiger partial charge in [-0.05, 0) is 43.4 Å². The molecular weight excluding hydrogens is 318 g/mol. The number of rotatable bonds is 3. The van der Waals surface area contributed by atoms with Crippen molar-refractivity contribution >= 4 is 11.5 Å². The van der Waals surface area contributed by atoms with E-state index in [0.717, 1.165) is 42.5 Å². The Labute approximate surface area is 144 Å². The molecule has 25 heavy (non-hydrogen) atoms. The van der Waals surface area contributed by atoms with Gasteiger partial charge in [-0.2, -0.15) is 5.10 Å². The summed E-state index contributed by atoms with van der Waals surface area (Å²) in [6, 6.07) is 7.11. The van der Waals surface area contributed by atoms with Crippen LogP contribution in [-0.4, -0.2) is 27.3 Å². The first-order valence-corrected chi connectivity index (χ1v) is 8.44. The minimum absolute atomic E-state index is 0.0183. The second kappa shape index (κ2) is 6.20. The molecular formula is C19H19N3O3. The van der Waals surface area contributed by atoms with Crippen molar-refractivity contribution in [2.24, 2.45) is 0 Å². The van der Waals surface area contributed by atoms with Crippen LogP contribution in [0, 0.1) is 0 Å². The van der Waals surface area contributed by atoms with Crippen molar-refractivity contribution in [1.29, 1.82) is 0 Å². The van der Waals surface area contributed by atoms with Crippen molar-refractivity contribution in [2.75, 3.05) is 7.11 Å². The summed E-state index contributed by atoms with van der Waals surface area (Å²) < 4.78 is 8.11. The Kier molecular flexibility index (Phi) is 3.87. The maximum atomic E-state index is 12.9. The van der Waals surface area contributed by atoms with E-state index in [1.165, 1.54) is 7.11 Å². The van der Waals surface area contributed by atoms with Crippen LogP contribution in [0.2, 0.25) is 0 Å². The molecule has 2 heterocycles. The molecule has 6 nitrogen and oxygen atoms in total. The molecule has 128 valence electrons. The Bertz CT molecular complexity index is 999. The lowest BCUT2D eigenvalue weighted by Gasteiger charge is -2.10. The number of hydrogen-bond donors (Lipinski definition) is 0. The highest BCUT2D eigenvalue weighted by atomic mass is 16.5. The number of nitrogens with zero attached hydrogens (tertiary/aromatic N) is 3. The highest BCUT2D eigenvalue weighted by molar-refractivity contribution is 5.89. The van der Waals surface area contributed by atoms with Gasteiger partial charge in [0, 0.05) is 18.0 Å². The summed E-state index contributed by atoms with van der Waals surface area (Å²) in [6.07, 6.45) is 7.73. The molecule has 0 unspecified atom stereocenters. The van der Waals surface area contributed by atoms with Gasteiger partial charge >= 0.3 is 5.97 Å². The first kappa shape index (κ1) is 15.6. The van der Waals surface area contributed by atoms with Crippen LogP contribution in [0.4, 0.5) is 0 Å². The van der Waals surface area contributed by atoms with E-state index in [0.29, 0.717) is 17.6 Å². The normalized spacial score (nSPS) is 13.6. The fourth-order valence-electron chi connectivity index (χ4n) is 3.44. The van der Waals surface area contributed by atoms with E-state index in [2.05, 4.69) is 5.10 Å². The van der Waals surface area contributed by atoms with Gasteiger partial charge in [0.15, 0.2) is 0 Å². The Hall–Kier alpha value is -2.89. The van der Waals surface area contributed by atoms with Crippen molar-refractivity contribution in [3.05, 3.63) is 69.4 Å². The second-order valence-corrected chi connectivity index (χ2v) is 6.35. The summed E-state index contributed by atoms with van der Waals surface area (Å²) in [5.41, 5.74) is 4.29. The number of methoxy groups -OCH3 is 1. The maximum Gasteiger partial charge on any atom is 0.337 e. The van der Waals surface area contributed by atoms with Gasteiger partial charge in [0.05, 0.1) is 24.9 Å². The van der Waals surface area contributed by atoms with E-state index in [1.807, 2.05) is 18.3 Å². The predicted molar refractivity (Wildman–Crippen MR) is 93.0 cm³/mol. The molecule has 0 N–H and O–H groups in total. The van der Waals surface area contributed by atoms with Crippen LogP contribution in [0.3, 0.4) is 0 Å². The zero-order valence-electron chi connectivity index (χ0n) is 14.1. The fourth-order valence-corrected chi connectivity index (χ4v) is 3.44. The van der Waals surface area contributed by atoms with Crippen molar-refractivity contribution < 1.29 is 9.53 Å². The molecule has 1 aliphatic carbocycles. The highest BCUT2D eigenvalue weighted by Gasteiger charge is 2.19. The first-order chi connectivity index (χ1) is 12.2. The fraction of sp³-hybridized carbons (Fsp3) is 0.316. The third-order valence-electron chi connectivity index (χ3n) is 4.76. The summed E-state index contributed by atoms with van der Waals surface area (Å²) in [4.78, 5) is 24.4. The largest absolute Gasteiger partial charge is 0.465 e. The molecule has 6 heteroatoms. The average molecular weight is 337 g/mol. The van der Waals surface area contributed by atoms with E-state index in [4.69, 9.17) is 4.74 Å². The average Bonchev–Trinajstić information content (AvgIpc) is 3.03. The lowest BCUT2D eigenvalue weighted by atomic mass is 9.97. The second-order valence-electron chi connectivity index (χ2n) is 6.35. The van der Waals surface area contributed by atoms with Crippen LogP contribution >= 0.6 is 0 Å². The molecule has 3 aromatic rings. The number of aromatic nitrogens is 3. The van der Waals surface area contributed by atoms with E-state index in [1.54, 1.807) is 27.4 Å². The number of fused-ring (bicyclic) bond motifs is 3. The maximum absolute atomic E-state index is 12.9. The Morgan fingerprint density at radius 2 is 1.92 bits per heavy atom. The van der Waals surface area contributed by atoms with Crippen LogP contribution in [-0.2, 0) is 24.1 Å². The van der Waals surface area contributed by atoms with Crippen LogP contribution in [0.1, 0.15) is 40.0 Å². The molecule has 0 saturated heterocycles. The van der Waals surface area contributed by atoms with Crippen LogP contribution < -0.4 is 5.56 Å². The molecule has 4 rings (SSSR count). The molecule has 1 aliphatic rings. The van der Waals surface area contributed by atoms with Crippen molar-refractivity contribution in [3.63, 3.8) is 0 Å². The molecule has 0 saturated carbocycles. The topological polar surface area (TPSA) is 65.6 Å². The van der Waals surface area contributed by atoms with E-state index in [9.17, 15) is 9.59 Å². The number of carbonyl (C=O) groups excluding carboxylic acids is 1. The van der Waals surface area contributed by atoms with Crippen molar-refractivity contribution in [3.8, 4) is 0 Å². The van der Waals surface area contributed by atoms with Gasteiger partial charge in [-0.3, -0.25) is 4.79 Å². The molecule has 1 aromatic carbocycles. The number of esters is 1. The molecule has 0 aliphatic heterocycles. The summed E-state index contributed by atoms with van der Waals surface area (Å²) >= 11 is 0. The SMILES string of the molecule is COC(=O)c1ccc(Cn2ccn3nc4c(c3c2=O)CCCC4)cc1. The Morgan fingerprint density at radius 3 is 2.68 bits per heavy atom. The summed E-state index contributed by atoms with van der Waals surface area (Å²) in [6.45, 7) is 0.455. The van der Waals surface area contributed by atoms with Crippen molar-refractivity contribution in [1.82, 2.24) is 14.2 Å². The van der Waals surface area contributed by atoms with E-state index < -0.39 is 0 Å². The summed E-state index contributed by atoms with van der Waals surface area (Å²) in [7, 11) is 1.36. The van der Waals surface area contributed by atoms with Gasteiger partial charge in [-0.15, -0.1) is 0 Å². The van der Waals surface area contributed by atoms with Gasteiger partial charge < -0.3 is 9.30 Å². The monoisotopic (exact) mass is 337 g/mol. The van der Waals surface area contributed by atoms with E-state index in [-0.39, 0.29) is 11.5 Å². The van der Waals surface area contributed by atoms with Crippen molar-refractivity contribution in [2.45, 2.75) is 32.2 Å². The standard InChI is InChI=1S/C19H19N3O3/c1-25-19(24)14-8-6-13(7-9-14)12-21-10-11-22-17(18(21)23)15-4-2-3-5-16(15)20-22/h6-11H,2-5,12H2,1H3. The third kappa shape index (κ3) is 2.73. The van der Waals surface area contributed by atoms with E-state index >= 15 is 0 Å². The van der Waals surface area contributed by atoms with Gasteiger partial charge in [0.1, 0.15) is 5.52 Å². The molecule has 0 spiro atoms. The predicted octanol–water partition coefficient (Wildman–Crippen LogP) is 2.21. The molecule has 0 amide bonds. The zero-order chi connectivity index (χ0) is 17.4. The number of benzene rings is 1. The minimum atomic E-state index is -0.365. The molecule has 0 bridgehead atoms. The number of hydrogen-bond acceptors (Lipinski definition) is 4. The lowest BCUT2D eigenvalue weighted by Crippen LogP contribution is -2.22. The molecule has 2 aromatic heterocycles. The number of ether oxygens (including phenoxy) is 1. The van der Waals surface area contributed by atoms with Crippen LogP contribution in [0.25, 0.3) is 5.52 Å². The van der Waals surface area contributed by atoms with Crippen LogP contribution in [0.5, 0.6) is 0 Å². The minimum Gasteiger partial charge on any atom is -0.465 e.